The number of amides is 6. The third-order valence-corrected chi connectivity index (χ3v) is 11.3. The Morgan fingerprint density at radius 3 is 1.18 bits per heavy atom. The molecule has 84 heavy (non-hydrogen) atoms. The van der Waals surface area contributed by atoms with Crippen LogP contribution in [-0.4, -0.2) is 162 Å². The second-order valence-electron chi connectivity index (χ2n) is 22.6. The highest BCUT2D eigenvalue weighted by atomic mass is 16.6. The van der Waals surface area contributed by atoms with Crippen LogP contribution in [0.1, 0.15) is 134 Å². The van der Waals surface area contributed by atoms with E-state index in [0.29, 0.717) is 12.0 Å². The first-order valence-electron chi connectivity index (χ1n) is 27.0. The van der Waals surface area contributed by atoms with Crippen LogP contribution in [0.5, 0.6) is 0 Å². The van der Waals surface area contributed by atoms with Crippen LogP contribution in [-0.2, 0) is 79.8 Å². The van der Waals surface area contributed by atoms with E-state index in [9.17, 15) is 57.8 Å². The van der Waals surface area contributed by atoms with Crippen molar-refractivity contribution < 1.29 is 92.8 Å². The van der Waals surface area contributed by atoms with E-state index in [1.165, 1.54) is 27.7 Å². The predicted octanol–water partition coefficient (Wildman–Crippen LogP) is 1.50. The van der Waals surface area contributed by atoms with Crippen molar-refractivity contribution in [1.29, 1.82) is 0 Å². The van der Waals surface area contributed by atoms with Crippen molar-refractivity contribution in [3.8, 4) is 0 Å². The van der Waals surface area contributed by atoms with Crippen LogP contribution in [0, 0.1) is 5.92 Å². The lowest BCUT2D eigenvalue weighted by atomic mass is 9.98. The molecule has 28 heteroatoms. The van der Waals surface area contributed by atoms with Gasteiger partial charge in [-0.25, -0.2) is 9.59 Å². The molecule has 0 saturated carbocycles. The molecule has 6 amide bonds. The normalized spacial score (nSPS) is 14.8. The smallest absolute Gasteiger partial charge is 0.329 e. The zero-order chi connectivity index (χ0) is 64.9. The number of esters is 3. The number of nitrogens with one attached hydrogen (secondary N) is 9. The van der Waals surface area contributed by atoms with Gasteiger partial charge < -0.3 is 71.9 Å². The molecule has 0 aliphatic rings. The van der Waals surface area contributed by atoms with Crippen molar-refractivity contribution >= 4 is 65.3 Å². The molecule has 10 atom stereocenters. The third kappa shape index (κ3) is 32.3. The monoisotopic (exact) mass is 1190 g/mol. The van der Waals surface area contributed by atoms with Gasteiger partial charge in [0.1, 0.15) is 71.2 Å². The summed E-state index contributed by atoms with van der Waals surface area (Å²) in [6.45, 7) is 24.5. The number of hydroxylamine groups is 3. The topological polar surface area (TPSA) is 425 Å². The fourth-order valence-corrected chi connectivity index (χ4v) is 6.64. The lowest BCUT2D eigenvalue weighted by molar-refractivity contribution is -0.161. The zero-order valence-corrected chi connectivity index (χ0v) is 50.5. The van der Waals surface area contributed by atoms with E-state index in [0.717, 1.165) is 5.56 Å². The molecule has 0 bridgehead atoms. The number of carboxylic acid groups (broad SMARTS) is 2. The Bertz CT molecular complexity index is 2470. The van der Waals surface area contributed by atoms with Crippen molar-refractivity contribution in [2.24, 2.45) is 5.92 Å². The van der Waals surface area contributed by atoms with E-state index in [-0.39, 0.29) is 18.8 Å². The van der Waals surface area contributed by atoms with Gasteiger partial charge in [-0.1, -0.05) is 80.9 Å². The van der Waals surface area contributed by atoms with Crippen LogP contribution in [0.4, 0.5) is 0 Å². The maximum atomic E-state index is 13.5. The summed E-state index contributed by atoms with van der Waals surface area (Å²) in [6.07, 6.45) is -0.714. The second kappa shape index (κ2) is 36.8. The average molecular weight is 1190 g/mol. The van der Waals surface area contributed by atoms with Crippen LogP contribution in [0.3, 0.4) is 0 Å². The predicted molar refractivity (Wildman–Crippen MR) is 302 cm³/mol. The summed E-state index contributed by atoms with van der Waals surface area (Å²) in [5.41, 5.74) is 4.50. The molecule has 0 aromatic heterocycles. The number of carboxylic acids is 2. The van der Waals surface area contributed by atoms with Gasteiger partial charge in [-0.2, -0.15) is 16.4 Å². The zero-order valence-electron chi connectivity index (χ0n) is 50.5. The van der Waals surface area contributed by atoms with Crippen LogP contribution in [0.25, 0.3) is 0 Å². The van der Waals surface area contributed by atoms with Crippen LogP contribution in [0.2, 0.25) is 0 Å². The molecule has 0 aliphatic carbocycles. The number of aliphatic carboxylic acids is 2. The summed E-state index contributed by atoms with van der Waals surface area (Å²) in [7, 11) is 0. The van der Waals surface area contributed by atoms with E-state index < -0.39 is 149 Å². The Balaban J connectivity index is 0.00000154. The number of carbonyl (C=O) groups is 11. The molecule has 0 spiro atoms. The van der Waals surface area contributed by atoms with E-state index in [1.807, 2.05) is 17.9 Å². The van der Waals surface area contributed by atoms with Crippen molar-refractivity contribution in [2.75, 3.05) is 0 Å². The maximum absolute atomic E-state index is 13.5. The Kier molecular flexibility index (Phi) is 33.5. The summed E-state index contributed by atoms with van der Waals surface area (Å²) in [4.78, 5) is 136. The SMILES string of the molecule is CCC(C)[C@H](NC(=O)[C@H](CC(=O)OC(C)(C)C)NC(=O)[C@H](C)NC(=O)[C@H](Cc1ccccc1)NC(=O)[C@H](C)NO)C(=O)OC(C)(C)C.C[C@@H](NO)C(=O)OC(C)(C)C.C[C@H](NO)C(=O)N[C@@H](CC(=O)O)C(=O)N[C@@H](Cc1ccccc1)C(=O)O. The minimum Gasteiger partial charge on any atom is -0.481 e. The summed E-state index contributed by atoms with van der Waals surface area (Å²) >= 11 is 0. The molecule has 1 unspecified atom stereocenters. The second-order valence-corrected chi connectivity index (χ2v) is 22.6. The number of benzene rings is 2. The first kappa shape index (κ1) is 76.4. The Morgan fingerprint density at radius 2 is 0.786 bits per heavy atom. The van der Waals surface area contributed by atoms with Gasteiger partial charge in [0.25, 0.3) is 0 Å². The van der Waals surface area contributed by atoms with Crippen LogP contribution >= 0.6 is 0 Å². The fourth-order valence-electron chi connectivity index (χ4n) is 6.64. The Morgan fingerprint density at radius 1 is 0.429 bits per heavy atom. The number of ether oxygens (including phenoxy) is 3. The number of hydrogen-bond acceptors (Lipinski definition) is 20. The molecule has 2 rings (SSSR count). The molecule has 0 radical (unpaired) electrons. The number of carbonyl (C=O) groups excluding carboxylic acids is 9. The van der Waals surface area contributed by atoms with Gasteiger partial charge in [-0.05, 0) is 107 Å². The van der Waals surface area contributed by atoms with E-state index in [4.69, 9.17) is 34.9 Å². The number of hydrogen-bond donors (Lipinski definition) is 14. The minimum atomic E-state index is -1.49. The van der Waals surface area contributed by atoms with Gasteiger partial charge in [0, 0.05) is 12.8 Å². The summed E-state index contributed by atoms with van der Waals surface area (Å²) < 4.78 is 15.8. The van der Waals surface area contributed by atoms with Crippen LogP contribution < -0.4 is 48.3 Å². The van der Waals surface area contributed by atoms with E-state index >= 15 is 0 Å². The standard InChI is InChI=1S/C33H53N5O9.C16H21N3O7.C7H15NO3/c1-11-19(2)26(31(44)47-33(8,9)10)37-30(43)24(18-25(39)46-32(5,6)7)36-27(40)20(3)34-29(42)23(35-28(41)21(4)38-45)17-22-15-13-12-14-16-22;1-9(19-26)14(22)17-11(8-13(20)21)15(23)18-12(16(24)25)7-10-5-3-2-4-6-10;1-5(8-10)6(9)11-7(2,3)4/h12-16,19-21,23-24,26,38,45H,11,17-18H2,1-10H3,(H,34,42)(H,35,41)(H,36,40)(H,37,43);2-6,9,11-12,19,26H,7-8H2,1H3,(H,17,22)(H,18,23)(H,20,21)(H,24,25);5,8,10H,1-4H3/t19?,20-,21-,23-,24-,26-;9-,11-,12-;5-/m001/s1. The first-order valence-corrected chi connectivity index (χ1v) is 27.0. The molecule has 28 nitrogen and oxygen atoms in total. The molecular weight excluding hydrogens is 1100 g/mol. The summed E-state index contributed by atoms with van der Waals surface area (Å²) in [6, 6.07) is 6.97. The van der Waals surface area contributed by atoms with Gasteiger partial charge >= 0.3 is 29.8 Å². The van der Waals surface area contributed by atoms with Gasteiger partial charge in [-0.3, -0.25) is 43.2 Å². The highest BCUT2D eigenvalue weighted by Crippen LogP contribution is 2.17. The molecule has 0 fully saturated rings. The fraction of sp³-hybridized carbons (Fsp3) is 0.589. The Labute approximate surface area is 489 Å². The minimum absolute atomic E-state index is 0.00967. The molecule has 2 aromatic rings. The van der Waals surface area contributed by atoms with Crippen molar-refractivity contribution in [3.05, 3.63) is 71.8 Å². The first-order chi connectivity index (χ1) is 38.8. The average Bonchev–Trinajstić information content (AvgIpc) is 3.57. The number of rotatable bonds is 28. The van der Waals surface area contributed by atoms with Gasteiger partial charge in [0.2, 0.25) is 35.4 Å². The van der Waals surface area contributed by atoms with Gasteiger partial charge in [-0.15, -0.1) is 0 Å². The third-order valence-electron chi connectivity index (χ3n) is 11.3. The lowest BCUT2D eigenvalue weighted by Crippen LogP contribution is -2.59. The lowest BCUT2D eigenvalue weighted by Gasteiger charge is -2.29. The highest BCUT2D eigenvalue weighted by molar-refractivity contribution is 5.97. The quantitative estimate of drug-likeness (QED) is 0.0326. The van der Waals surface area contributed by atoms with Crippen molar-refractivity contribution in [2.45, 2.75) is 207 Å². The molecule has 0 heterocycles. The van der Waals surface area contributed by atoms with Gasteiger partial charge in [0.05, 0.1) is 12.8 Å². The molecule has 14 N–H and O–H groups in total. The van der Waals surface area contributed by atoms with E-state index in [2.05, 4.69) is 31.9 Å². The summed E-state index contributed by atoms with van der Waals surface area (Å²) in [5.74, 6) is -9.65. The maximum Gasteiger partial charge on any atom is 0.329 e. The summed E-state index contributed by atoms with van der Waals surface area (Å²) in [5, 5.41) is 59.0. The largest absolute Gasteiger partial charge is 0.481 e. The molecule has 0 aliphatic heterocycles. The van der Waals surface area contributed by atoms with Crippen molar-refractivity contribution in [3.63, 3.8) is 0 Å². The van der Waals surface area contributed by atoms with Crippen LogP contribution in [0.15, 0.2) is 60.7 Å². The molecule has 2 aromatic carbocycles. The highest BCUT2D eigenvalue weighted by Gasteiger charge is 2.36. The van der Waals surface area contributed by atoms with Crippen molar-refractivity contribution in [1.82, 2.24) is 48.3 Å². The van der Waals surface area contributed by atoms with Gasteiger partial charge in [0.15, 0.2) is 0 Å². The molecular formula is C56H89N9O19. The molecule has 472 valence electrons. The Hall–Kier alpha value is -7.63. The molecule has 0 saturated heterocycles. The van der Waals surface area contributed by atoms with E-state index in [1.54, 1.807) is 135 Å².